The first-order valence-electron chi connectivity index (χ1n) is 5.71. The van der Waals surface area contributed by atoms with Crippen molar-refractivity contribution in [3.05, 3.63) is 18.0 Å². The SMILES string of the molecule is Cn1ccc(C2CCN(CCN)CC2)n1. The van der Waals surface area contributed by atoms with Crippen molar-refractivity contribution >= 4 is 0 Å². The Labute approximate surface area is 91.1 Å². The van der Waals surface area contributed by atoms with Crippen molar-refractivity contribution in [2.24, 2.45) is 12.8 Å². The second-order valence-electron chi connectivity index (χ2n) is 4.32. The molecule has 4 heteroatoms. The Morgan fingerprint density at radius 1 is 1.47 bits per heavy atom. The standard InChI is InChI=1S/C11H20N4/c1-14-6-4-11(13-14)10-2-7-15(8-3-10)9-5-12/h4,6,10H,2-3,5,7-9,12H2,1H3. The first-order valence-corrected chi connectivity index (χ1v) is 5.71. The largest absolute Gasteiger partial charge is 0.329 e. The third-order valence-corrected chi connectivity index (χ3v) is 3.19. The molecule has 0 radical (unpaired) electrons. The lowest BCUT2D eigenvalue weighted by Crippen LogP contribution is -2.36. The molecule has 0 amide bonds. The van der Waals surface area contributed by atoms with E-state index in [0.717, 1.165) is 13.1 Å². The Morgan fingerprint density at radius 2 is 2.20 bits per heavy atom. The zero-order chi connectivity index (χ0) is 10.7. The Bertz CT molecular complexity index is 299. The fourth-order valence-electron chi connectivity index (χ4n) is 2.29. The highest BCUT2D eigenvalue weighted by molar-refractivity contribution is 5.07. The fraction of sp³-hybridized carbons (Fsp3) is 0.727. The summed E-state index contributed by atoms with van der Waals surface area (Å²) in [6.07, 6.45) is 4.47. The summed E-state index contributed by atoms with van der Waals surface area (Å²) in [5, 5.41) is 4.48. The van der Waals surface area contributed by atoms with E-state index in [1.807, 2.05) is 17.9 Å². The normalized spacial score (nSPS) is 19.6. The van der Waals surface area contributed by atoms with Gasteiger partial charge in [-0.15, -0.1) is 0 Å². The highest BCUT2D eigenvalue weighted by atomic mass is 15.2. The van der Waals surface area contributed by atoms with Crippen molar-refractivity contribution in [2.75, 3.05) is 26.2 Å². The van der Waals surface area contributed by atoms with Crippen LogP contribution in [0.2, 0.25) is 0 Å². The van der Waals surface area contributed by atoms with E-state index in [2.05, 4.69) is 16.1 Å². The lowest BCUT2D eigenvalue weighted by molar-refractivity contribution is 0.216. The molecule has 1 saturated heterocycles. The summed E-state index contributed by atoms with van der Waals surface area (Å²) < 4.78 is 1.89. The molecular weight excluding hydrogens is 188 g/mol. The van der Waals surface area contributed by atoms with Gasteiger partial charge in [0.05, 0.1) is 5.69 Å². The van der Waals surface area contributed by atoms with Crippen LogP contribution in [-0.2, 0) is 7.05 Å². The van der Waals surface area contributed by atoms with Gasteiger partial charge in [0, 0.05) is 32.3 Å². The smallest absolute Gasteiger partial charge is 0.0656 e. The second-order valence-corrected chi connectivity index (χ2v) is 4.32. The molecule has 0 aromatic carbocycles. The average molecular weight is 208 g/mol. The molecule has 1 aromatic heterocycles. The highest BCUT2D eigenvalue weighted by Crippen LogP contribution is 2.26. The van der Waals surface area contributed by atoms with Crippen LogP contribution in [-0.4, -0.2) is 40.9 Å². The molecule has 1 fully saturated rings. The van der Waals surface area contributed by atoms with Gasteiger partial charge < -0.3 is 10.6 Å². The van der Waals surface area contributed by atoms with Crippen molar-refractivity contribution in [1.29, 1.82) is 0 Å². The number of hydrogen-bond acceptors (Lipinski definition) is 3. The summed E-state index contributed by atoms with van der Waals surface area (Å²) in [6.45, 7) is 4.14. The number of rotatable bonds is 3. The van der Waals surface area contributed by atoms with Gasteiger partial charge in [-0.3, -0.25) is 4.68 Å². The van der Waals surface area contributed by atoms with E-state index >= 15 is 0 Å². The Balaban J connectivity index is 1.88. The Kier molecular flexibility index (Phi) is 3.38. The van der Waals surface area contributed by atoms with E-state index in [-0.39, 0.29) is 0 Å². The first kappa shape index (κ1) is 10.6. The monoisotopic (exact) mass is 208 g/mol. The molecule has 84 valence electrons. The Morgan fingerprint density at radius 3 is 2.73 bits per heavy atom. The van der Waals surface area contributed by atoms with Crippen LogP contribution < -0.4 is 5.73 Å². The number of piperidine rings is 1. The van der Waals surface area contributed by atoms with Gasteiger partial charge in [-0.05, 0) is 32.0 Å². The topological polar surface area (TPSA) is 47.1 Å². The molecule has 1 aliphatic heterocycles. The van der Waals surface area contributed by atoms with E-state index in [0.29, 0.717) is 5.92 Å². The number of aryl methyl sites for hydroxylation is 1. The molecule has 0 unspecified atom stereocenters. The van der Waals surface area contributed by atoms with Crippen molar-refractivity contribution in [3.8, 4) is 0 Å². The van der Waals surface area contributed by atoms with E-state index < -0.39 is 0 Å². The van der Waals surface area contributed by atoms with Crippen LogP contribution >= 0.6 is 0 Å². The van der Waals surface area contributed by atoms with E-state index in [1.165, 1.54) is 31.6 Å². The number of aromatic nitrogens is 2. The molecule has 2 N–H and O–H groups in total. The number of likely N-dealkylation sites (tertiary alicyclic amines) is 1. The highest BCUT2D eigenvalue weighted by Gasteiger charge is 2.21. The molecule has 0 saturated carbocycles. The fourth-order valence-corrected chi connectivity index (χ4v) is 2.29. The quantitative estimate of drug-likeness (QED) is 0.789. The number of nitrogens with zero attached hydrogens (tertiary/aromatic N) is 3. The molecule has 4 nitrogen and oxygen atoms in total. The molecule has 1 aromatic rings. The molecule has 0 spiro atoms. The Hall–Kier alpha value is -0.870. The lowest BCUT2D eigenvalue weighted by atomic mass is 9.94. The number of nitrogens with two attached hydrogens (primary N) is 1. The van der Waals surface area contributed by atoms with Crippen molar-refractivity contribution in [2.45, 2.75) is 18.8 Å². The maximum Gasteiger partial charge on any atom is 0.0656 e. The molecule has 1 aliphatic rings. The van der Waals surface area contributed by atoms with Crippen LogP contribution in [0.25, 0.3) is 0 Å². The van der Waals surface area contributed by atoms with Crippen molar-refractivity contribution < 1.29 is 0 Å². The van der Waals surface area contributed by atoms with Crippen molar-refractivity contribution in [1.82, 2.24) is 14.7 Å². The van der Waals surface area contributed by atoms with Gasteiger partial charge in [-0.25, -0.2) is 0 Å². The molecular formula is C11H20N4. The van der Waals surface area contributed by atoms with Gasteiger partial charge in [0.2, 0.25) is 0 Å². The third-order valence-electron chi connectivity index (χ3n) is 3.19. The summed E-state index contributed by atoms with van der Waals surface area (Å²) in [6, 6.07) is 2.14. The molecule has 0 bridgehead atoms. The molecule has 2 heterocycles. The van der Waals surface area contributed by atoms with Crippen LogP contribution in [0, 0.1) is 0 Å². The van der Waals surface area contributed by atoms with Gasteiger partial charge in [0.1, 0.15) is 0 Å². The van der Waals surface area contributed by atoms with Gasteiger partial charge in [-0.1, -0.05) is 0 Å². The second kappa shape index (κ2) is 4.77. The molecule has 0 aliphatic carbocycles. The van der Waals surface area contributed by atoms with Crippen molar-refractivity contribution in [3.63, 3.8) is 0 Å². The van der Waals surface area contributed by atoms with E-state index in [4.69, 9.17) is 5.73 Å². The van der Waals surface area contributed by atoms with Gasteiger partial charge >= 0.3 is 0 Å². The van der Waals surface area contributed by atoms with Gasteiger partial charge in [0.15, 0.2) is 0 Å². The van der Waals surface area contributed by atoms with Crippen LogP contribution in [0.4, 0.5) is 0 Å². The van der Waals surface area contributed by atoms with Crippen LogP contribution in [0.15, 0.2) is 12.3 Å². The molecule has 15 heavy (non-hydrogen) atoms. The third kappa shape index (κ3) is 2.58. The van der Waals surface area contributed by atoms with Crippen LogP contribution in [0.5, 0.6) is 0 Å². The minimum Gasteiger partial charge on any atom is -0.329 e. The summed E-state index contributed by atoms with van der Waals surface area (Å²) in [7, 11) is 1.98. The maximum atomic E-state index is 5.55. The number of hydrogen-bond donors (Lipinski definition) is 1. The first-order chi connectivity index (χ1) is 7.29. The van der Waals surface area contributed by atoms with Crippen LogP contribution in [0.1, 0.15) is 24.5 Å². The average Bonchev–Trinajstić information content (AvgIpc) is 2.67. The zero-order valence-electron chi connectivity index (χ0n) is 9.39. The molecule has 2 rings (SSSR count). The van der Waals surface area contributed by atoms with E-state index in [9.17, 15) is 0 Å². The summed E-state index contributed by atoms with van der Waals surface area (Å²) in [5.41, 5.74) is 6.81. The summed E-state index contributed by atoms with van der Waals surface area (Å²) in [4.78, 5) is 2.44. The van der Waals surface area contributed by atoms with E-state index in [1.54, 1.807) is 0 Å². The lowest BCUT2D eigenvalue weighted by Gasteiger charge is -2.30. The predicted molar refractivity (Wildman–Crippen MR) is 60.7 cm³/mol. The zero-order valence-corrected chi connectivity index (χ0v) is 9.39. The van der Waals surface area contributed by atoms with Gasteiger partial charge in [-0.2, -0.15) is 5.10 Å². The van der Waals surface area contributed by atoms with Crippen LogP contribution in [0.3, 0.4) is 0 Å². The molecule has 0 atom stereocenters. The predicted octanol–water partition coefficient (Wildman–Crippen LogP) is 0.558. The minimum absolute atomic E-state index is 0.653. The summed E-state index contributed by atoms with van der Waals surface area (Å²) in [5.74, 6) is 0.653. The maximum absolute atomic E-state index is 5.55. The van der Waals surface area contributed by atoms with Gasteiger partial charge in [0.25, 0.3) is 0 Å². The summed E-state index contributed by atoms with van der Waals surface area (Å²) >= 11 is 0. The minimum atomic E-state index is 0.653.